The van der Waals surface area contributed by atoms with Gasteiger partial charge in [-0.2, -0.15) is 4.98 Å². The molecule has 1 aliphatic carbocycles. The van der Waals surface area contributed by atoms with E-state index in [9.17, 15) is 4.79 Å². The fraction of sp³-hybridized carbons (Fsp3) is 0.250. The Balaban J connectivity index is 1.32. The zero-order valence-electron chi connectivity index (χ0n) is 15.1. The van der Waals surface area contributed by atoms with E-state index in [4.69, 9.17) is 16.1 Å². The molecule has 9 heteroatoms. The summed E-state index contributed by atoms with van der Waals surface area (Å²) in [6.07, 6.45) is 5.02. The standard InChI is InChI=1S/C20H15ClFN5O2/c21-14-3-1-2-13(6-14)20(22)7-12(8-20)18-25-17(29-26-18)10-27-11-24-16-9-23-5-4-15(16)19(27)28/h1-6,9,11-12H,7-8,10H2. The van der Waals surface area contributed by atoms with E-state index in [2.05, 4.69) is 20.1 Å². The fourth-order valence-corrected chi connectivity index (χ4v) is 3.86. The number of aromatic nitrogens is 5. The monoisotopic (exact) mass is 411 g/mol. The van der Waals surface area contributed by atoms with Gasteiger partial charge in [-0.05, 0) is 36.6 Å². The van der Waals surface area contributed by atoms with Crippen molar-refractivity contribution in [1.29, 1.82) is 0 Å². The SMILES string of the molecule is O=c1c2ccncc2ncn1Cc1nc(C2CC(F)(c3cccc(Cl)c3)C2)no1. The van der Waals surface area contributed by atoms with Crippen molar-refractivity contribution in [3.8, 4) is 0 Å². The second-order valence-corrected chi connectivity index (χ2v) is 7.63. The molecule has 0 atom stereocenters. The van der Waals surface area contributed by atoms with Crippen LogP contribution in [0.1, 0.15) is 36.0 Å². The predicted octanol–water partition coefficient (Wildman–Crippen LogP) is 3.62. The van der Waals surface area contributed by atoms with Crippen molar-refractivity contribution < 1.29 is 8.91 Å². The summed E-state index contributed by atoms with van der Waals surface area (Å²) in [6, 6.07) is 8.46. The second-order valence-electron chi connectivity index (χ2n) is 7.20. The zero-order chi connectivity index (χ0) is 20.0. The first-order chi connectivity index (χ1) is 14.0. The maximum Gasteiger partial charge on any atom is 0.261 e. The van der Waals surface area contributed by atoms with Crippen LogP contribution in [-0.2, 0) is 12.2 Å². The molecule has 1 aromatic carbocycles. The molecule has 1 aliphatic rings. The number of halogens is 2. The molecule has 7 nitrogen and oxygen atoms in total. The Morgan fingerprint density at radius 1 is 1.31 bits per heavy atom. The Morgan fingerprint density at radius 2 is 2.17 bits per heavy atom. The van der Waals surface area contributed by atoms with Gasteiger partial charge in [0.2, 0.25) is 5.89 Å². The normalized spacial score (nSPS) is 21.2. The first kappa shape index (κ1) is 17.9. The van der Waals surface area contributed by atoms with E-state index in [1.165, 1.54) is 17.1 Å². The molecule has 0 bridgehead atoms. The zero-order valence-corrected chi connectivity index (χ0v) is 15.9. The summed E-state index contributed by atoms with van der Waals surface area (Å²) in [6.45, 7) is 0.0961. The largest absolute Gasteiger partial charge is 0.337 e. The second kappa shape index (κ2) is 6.73. The van der Waals surface area contributed by atoms with Crippen LogP contribution in [0.25, 0.3) is 10.9 Å². The van der Waals surface area contributed by atoms with Crippen molar-refractivity contribution in [2.45, 2.75) is 31.0 Å². The van der Waals surface area contributed by atoms with Gasteiger partial charge in [0.05, 0.1) is 23.4 Å². The molecule has 1 fully saturated rings. The van der Waals surface area contributed by atoms with Crippen molar-refractivity contribution in [3.05, 3.63) is 81.7 Å². The Kier molecular flexibility index (Phi) is 4.16. The Hall–Kier alpha value is -3.13. The summed E-state index contributed by atoms with van der Waals surface area (Å²) in [7, 11) is 0. The molecule has 0 radical (unpaired) electrons. The van der Waals surface area contributed by atoms with Gasteiger partial charge in [-0.15, -0.1) is 0 Å². The average Bonchev–Trinajstić information content (AvgIpc) is 3.16. The van der Waals surface area contributed by atoms with Crippen molar-refractivity contribution in [1.82, 2.24) is 24.7 Å². The van der Waals surface area contributed by atoms with Crippen LogP contribution in [0, 0.1) is 0 Å². The molecular weight excluding hydrogens is 397 g/mol. The third-order valence-electron chi connectivity index (χ3n) is 5.26. The van der Waals surface area contributed by atoms with Gasteiger partial charge in [0.15, 0.2) is 5.82 Å². The topological polar surface area (TPSA) is 86.7 Å². The summed E-state index contributed by atoms with van der Waals surface area (Å²) < 4.78 is 21.8. The molecule has 0 aliphatic heterocycles. The number of hydrogen-bond donors (Lipinski definition) is 0. The summed E-state index contributed by atoms with van der Waals surface area (Å²) in [5.41, 5.74) is -0.573. The van der Waals surface area contributed by atoms with E-state index in [0.29, 0.717) is 27.3 Å². The molecule has 1 saturated carbocycles. The van der Waals surface area contributed by atoms with Gasteiger partial charge in [0.25, 0.3) is 5.56 Å². The first-order valence-corrected chi connectivity index (χ1v) is 9.46. The highest BCUT2D eigenvalue weighted by atomic mass is 35.5. The van der Waals surface area contributed by atoms with Crippen molar-refractivity contribution in [3.63, 3.8) is 0 Å². The minimum Gasteiger partial charge on any atom is -0.337 e. The highest BCUT2D eigenvalue weighted by molar-refractivity contribution is 6.30. The predicted molar refractivity (Wildman–Crippen MR) is 103 cm³/mol. The number of fused-ring (bicyclic) bond motifs is 1. The van der Waals surface area contributed by atoms with E-state index in [1.807, 2.05) is 0 Å². The van der Waals surface area contributed by atoms with Crippen molar-refractivity contribution in [2.24, 2.45) is 0 Å². The van der Waals surface area contributed by atoms with Crippen LogP contribution < -0.4 is 5.56 Å². The van der Waals surface area contributed by atoms with E-state index < -0.39 is 5.67 Å². The highest BCUT2D eigenvalue weighted by Crippen LogP contribution is 2.53. The van der Waals surface area contributed by atoms with Crippen LogP contribution in [0.2, 0.25) is 5.02 Å². The molecule has 0 spiro atoms. The molecule has 4 aromatic rings. The van der Waals surface area contributed by atoms with Gasteiger partial charge in [0.1, 0.15) is 12.2 Å². The molecule has 3 heterocycles. The number of rotatable bonds is 4. The van der Waals surface area contributed by atoms with Crippen LogP contribution in [-0.4, -0.2) is 24.7 Å². The Labute approximate surface area is 169 Å². The van der Waals surface area contributed by atoms with E-state index in [0.717, 1.165) is 0 Å². The minimum absolute atomic E-state index is 0.0961. The lowest BCUT2D eigenvalue weighted by molar-refractivity contribution is 0.0336. The summed E-state index contributed by atoms with van der Waals surface area (Å²) in [5.74, 6) is 0.576. The maximum atomic E-state index is 15.1. The molecular formula is C20H15ClFN5O2. The Bertz CT molecular complexity index is 1260. The van der Waals surface area contributed by atoms with Gasteiger partial charge >= 0.3 is 0 Å². The molecule has 3 aromatic heterocycles. The number of benzene rings is 1. The number of pyridine rings is 1. The summed E-state index contributed by atoms with van der Waals surface area (Å²) in [5, 5.41) is 4.95. The summed E-state index contributed by atoms with van der Waals surface area (Å²) >= 11 is 5.97. The summed E-state index contributed by atoms with van der Waals surface area (Å²) in [4.78, 5) is 25.1. The van der Waals surface area contributed by atoms with Gasteiger partial charge in [-0.25, -0.2) is 9.37 Å². The molecule has 0 saturated heterocycles. The molecule has 29 heavy (non-hydrogen) atoms. The maximum absolute atomic E-state index is 15.1. The van der Waals surface area contributed by atoms with Crippen LogP contribution in [0.15, 0.2) is 58.4 Å². The number of alkyl halides is 1. The lowest BCUT2D eigenvalue weighted by atomic mass is 9.68. The van der Waals surface area contributed by atoms with Crippen LogP contribution >= 0.6 is 11.6 Å². The van der Waals surface area contributed by atoms with Gasteiger partial charge in [-0.3, -0.25) is 14.3 Å². The lowest BCUT2D eigenvalue weighted by Gasteiger charge is -2.40. The smallest absolute Gasteiger partial charge is 0.261 e. The van der Waals surface area contributed by atoms with Crippen LogP contribution in [0.5, 0.6) is 0 Å². The van der Waals surface area contributed by atoms with Gasteiger partial charge < -0.3 is 4.52 Å². The highest BCUT2D eigenvalue weighted by Gasteiger charge is 2.48. The number of hydrogen-bond acceptors (Lipinski definition) is 6. The van der Waals surface area contributed by atoms with Gasteiger partial charge in [0, 0.05) is 17.1 Å². The quantitative estimate of drug-likeness (QED) is 0.509. The third kappa shape index (κ3) is 3.19. The minimum atomic E-state index is -1.44. The lowest BCUT2D eigenvalue weighted by Crippen LogP contribution is -2.36. The third-order valence-corrected chi connectivity index (χ3v) is 5.50. The Morgan fingerprint density at radius 3 is 3.00 bits per heavy atom. The van der Waals surface area contributed by atoms with Crippen LogP contribution in [0.3, 0.4) is 0 Å². The fourth-order valence-electron chi connectivity index (χ4n) is 3.67. The molecule has 0 amide bonds. The van der Waals surface area contributed by atoms with Crippen molar-refractivity contribution in [2.75, 3.05) is 0 Å². The van der Waals surface area contributed by atoms with E-state index >= 15 is 4.39 Å². The molecule has 0 unspecified atom stereocenters. The molecule has 5 rings (SSSR count). The van der Waals surface area contributed by atoms with Crippen LogP contribution in [0.4, 0.5) is 4.39 Å². The van der Waals surface area contributed by atoms with E-state index in [-0.39, 0.29) is 36.8 Å². The molecule has 146 valence electrons. The average molecular weight is 412 g/mol. The molecule has 0 N–H and O–H groups in total. The van der Waals surface area contributed by atoms with Crippen molar-refractivity contribution >= 4 is 22.5 Å². The van der Waals surface area contributed by atoms with E-state index in [1.54, 1.807) is 36.5 Å². The van der Waals surface area contributed by atoms with Gasteiger partial charge in [-0.1, -0.05) is 28.9 Å². The number of nitrogens with zero attached hydrogens (tertiary/aromatic N) is 5. The first-order valence-electron chi connectivity index (χ1n) is 9.08.